The number of aliphatic hydroxyl groups excluding tert-OH is 1. The molecule has 2 aliphatic rings. The number of ketones is 1. The lowest BCUT2D eigenvalue weighted by Crippen LogP contribution is -2.61. The molecule has 1 fully saturated rings. The molecule has 12 heteroatoms. The van der Waals surface area contributed by atoms with Crippen molar-refractivity contribution < 1.29 is 29.2 Å². The van der Waals surface area contributed by atoms with Crippen LogP contribution in [0.2, 0.25) is 0 Å². The fraction of sp³-hybridized carbons (Fsp3) is 0.333. The number of nitro benzene ring substituents is 1. The number of hydrogen-bond acceptors (Lipinski definition) is 9. The van der Waals surface area contributed by atoms with Gasteiger partial charge in [-0.1, -0.05) is 0 Å². The largest absolute Gasteiger partial charge is 0.456 e. The van der Waals surface area contributed by atoms with Gasteiger partial charge in [0.1, 0.15) is 28.7 Å². The normalized spacial score (nSPS) is 19.9. The number of Topliss-reactive ketones (excluding diaryl/α,β-unsaturated/α-hetero) is 1. The number of aliphatic hydroxyl groups is 1. The van der Waals surface area contributed by atoms with Crippen LogP contribution in [0.3, 0.4) is 0 Å². The average molecular weight is 511 g/mol. The number of carbonyl (C=O) groups excluding carboxylic acids is 3. The van der Waals surface area contributed by atoms with Crippen LogP contribution in [0.5, 0.6) is 0 Å². The molecule has 0 radical (unpaired) electrons. The van der Waals surface area contributed by atoms with Crippen molar-refractivity contribution in [3.63, 3.8) is 0 Å². The molecule has 1 saturated heterocycles. The predicted octanol–water partition coefficient (Wildman–Crippen LogP) is 2.88. The summed E-state index contributed by atoms with van der Waals surface area (Å²) in [5, 5.41) is 21.0. The highest BCUT2D eigenvalue weighted by Gasteiger charge is 2.57. The molecule has 0 bridgehead atoms. The first-order valence-electron chi connectivity index (χ1n) is 11.2. The average Bonchev–Trinajstić information content (AvgIpc) is 3.48. The molecule has 5 rings (SSSR count). The second kappa shape index (κ2) is 8.64. The number of benzene rings is 1. The third kappa shape index (κ3) is 3.69. The minimum atomic E-state index is -0.870. The number of nitrogens with zero attached hydrogens (tertiary/aromatic N) is 4. The number of carbonyl (C=O) groups is 3. The van der Waals surface area contributed by atoms with E-state index in [0.29, 0.717) is 38.8 Å². The number of β-lactam (4-membered cyclic amide) rings is 1. The molecule has 1 amide bonds. The van der Waals surface area contributed by atoms with Gasteiger partial charge in [-0.05, 0) is 38.0 Å². The number of ether oxygens (including phenoxy) is 1. The van der Waals surface area contributed by atoms with Crippen LogP contribution in [-0.4, -0.2) is 54.1 Å². The van der Waals surface area contributed by atoms with E-state index in [1.165, 1.54) is 47.4 Å². The van der Waals surface area contributed by atoms with Gasteiger partial charge in [0.15, 0.2) is 5.78 Å². The summed E-state index contributed by atoms with van der Waals surface area (Å²) in [4.78, 5) is 55.6. The summed E-state index contributed by atoms with van der Waals surface area (Å²) < 4.78 is 7.30. The van der Waals surface area contributed by atoms with E-state index in [0.717, 1.165) is 0 Å². The van der Waals surface area contributed by atoms with Crippen LogP contribution >= 0.6 is 11.3 Å². The van der Waals surface area contributed by atoms with Crippen LogP contribution in [0, 0.1) is 23.0 Å². The Hall–Kier alpha value is -3.90. The number of hydrogen-bond donors (Lipinski definition) is 1. The Labute approximate surface area is 208 Å². The van der Waals surface area contributed by atoms with Crippen molar-refractivity contribution in [2.75, 3.05) is 0 Å². The number of imidazole rings is 1. The minimum Gasteiger partial charge on any atom is -0.456 e. The molecule has 3 atom stereocenters. The number of nitro groups is 1. The van der Waals surface area contributed by atoms with Crippen molar-refractivity contribution in [3.8, 4) is 0 Å². The van der Waals surface area contributed by atoms with Gasteiger partial charge >= 0.3 is 5.97 Å². The highest BCUT2D eigenvalue weighted by molar-refractivity contribution is 7.18. The van der Waals surface area contributed by atoms with E-state index in [9.17, 15) is 29.6 Å². The molecule has 2 aliphatic heterocycles. The van der Waals surface area contributed by atoms with Crippen LogP contribution in [0.25, 0.3) is 10.4 Å². The molecule has 1 aromatic carbocycles. The van der Waals surface area contributed by atoms with Crippen molar-refractivity contribution in [3.05, 3.63) is 68.2 Å². The van der Waals surface area contributed by atoms with E-state index in [4.69, 9.17) is 4.74 Å². The Morgan fingerprint density at radius 2 is 2.03 bits per heavy atom. The van der Waals surface area contributed by atoms with Crippen LogP contribution in [-0.2, 0) is 20.9 Å². The molecule has 36 heavy (non-hydrogen) atoms. The van der Waals surface area contributed by atoms with E-state index >= 15 is 0 Å². The summed E-state index contributed by atoms with van der Waals surface area (Å²) in [5.41, 5.74) is 1.54. The summed E-state index contributed by atoms with van der Waals surface area (Å²) in [7, 11) is 0. The third-order valence-corrected chi connectivity index (χ3v) is 7.72. The van der Waals surface area contributed by atoms with Gasteiger partial charge in [-0.2, -0.15) is 0 Å². The fourth-order valence-corrected chi connectivity index (χ4v) is 6.04. The van der Waals surface area contributed by atoms with Gasteiger partial charge in [-0.3, -0.25) is 24.1 Å². The van der Waals surface area contributed by atoms with E-state index < -0.39 is 22.9 Å². The highest BCUT2D eigenvalue weighted by atomic mass is 32.1. The molecular formula is C24H22N4O7S. The Morgan fingerprint density at radius 3 is 2.64 bits per heavy atom. The summed E-state index contributed by atoms with van der Waals surface area (Å²) in [6.45, 7) is 4.63. The first-order chi connectivity index (χ1) is 17.1. The molecule has 11 nitrogen and oxygen atoms in total. The summed E-state index contributed by atoms with van der Waals surface area (Å²) in [5.74, 6) is -1.23. The summed E-state index contributed by atoms with van der Waals surface area (Å²) in [6.07, 6.45) is 1.28. The second-order valence-corrected chi connectivity index (χ2v) is 9.94. The van der Waals surface area contributed by atoms with Gasteiger partial charge in [0.2, 0.25) is 5.91 Å². The van der Waals surface area contributed by atoms with Crippen LogP contribution in [0.15, 0.2) is 36.2 Å². The smallest absolute Gasteiger partial charge is 0.355 e. The van der Waals surface area contributed by atoms with Gasteiger partial charge < -0.3 is 14.7 Å². The first-order valence-corrected chi connectivity index (χ1v) is 12.0. The molecule has 0 saturated carbocycles. The number of fused-ring (bicyclic) bond motifs is 2. The van der Waals surface area contributed by atoms with Gasteiger partial charge in [0, 0.05) is 30.8 Å². The molecule has 1 N–H and O–H groups in total. The van der Waals surface area contributed by atoms with Gasteiger partial charge in [-0.25, -0.2) is 9.78 Å². The molecule has 3 aromatic rings. The monoisotopic (exact) mass is 510 g/mol. The maximum Gasteiger partial charge on any atom is 0.355 e. The molecular weight excluding hydrogens is 488 g/mol. The molecule has 2 aromatic heterocycles. The Kier molecular flexibility index (Phi) is 5.72. The quantitative estimate of drug-likeness (QED) is 0.168. The SMILES string of the molecule is CC(=O)c1nc(C)n2cc(C3=C(C(=O)OCc4ccc([N+](=O)[O-])cc4)N4C(=O)[C@H]([C@@H](C)O)[C@H]4C3)sc12. The number of aryl methyl sites for hydroxylation is 1. The van der Waals surface area contributed by atoms with E-state index in [2.05, 4.69) is 4.98 Å². The summed E-state index contributed by atoms with van der Waals surface area (Å²) in [6, 6.07) is 5.27. The van der Waals surface area contributed by atoms with E-state index in [1.54, 1.807) is 24.4 Å². The topological polar surface area (TPSA) is 144 Å². The Bertz CT molecular complexity index is 1470. The first kappa shape index (κ1) is 23.8. The Balaban J connectivity index is 1.49. The lowest BCUT2D eigenvalue weighted by atomic mass is 9.83. The minimum absolute atomic E-state index is 0.0761. The van der Waals surface area contributed by atoms with Gasteiger partial charge in [0.05, 0.1) is 27.9 Å². The van der Waals surface area contributed by atoms with Crippen LogP contribution < -0.4 is 0 Å². The number of esters is 1. The Morgan fingerprint density at radius 1 is 1.33 bits per heavy atom. The van der Waals surface area contributed by atoms with Gasteiger partial charge in [-0.15, -0.1) is 11.3 Å². The molecule has 186 valence electrons. The van der Waals surface area contributed by atoms with Crippen molar-refractivity contribution in [1.82, 2.24) is 14.3 Å². The number of thiazole rings is 1. The standard InChI is InChI=1S/C24H22N4O7S/c1-11(29)19-17-8-16(18-9-26-13(3)25-20(12(2)30)23(26)36-18)21(27(17)22(19)31)24(32)35-10-14-4-6-15(7-5-14)28(33)34/h4-7,9,11,17,19,29H,8,10H2,1-3H3/t11-,17-,19-/m1/s1. The molecule has 0 unspecified atom stereocenters. The number of aromatic nitrogens is 2. The zero-order valence-corrected chi connectivity index (χ0v) is 20.4. The molecule has 0 spiro atoms. The number of amides is 1. The van der Waals surface area contributed by atoms with Crippen LogP contribution in [0.1, 0.15) is 47.0 Å². The molecule has 4 heterocycles. The maximum atomic E-state index is 13.3. The maximum absolute atomic E-state index is 13.3. The van der Waals surface area contributed by atoms with E-state index in [-0.39, 0.29) is 35.7 Å². The van der Waals surface area contributed by atoms with Crippen molar-refractivity contribution in [2.24, 2.45) is 5.92 Å². The summed E-state index contributed by atoms with van der Waals surface area (Å²) >= 11 is 1.30. The van der Waals surface area contributed by atoms with Gasteiger partial charge in [0.25, 0.3) is 5.69 Å². The predicted molar refractivity (Wildman–Crippen MR) is 128 cm³/mol. The zero-order valence-electron chi connectivity index (χ0n) is 19.6. The number of rotatable bonds is 7. The molecule has 0 aliphatic carbocycles. The van der Waals surface area contributed by atoms with Crippen molar-refractivity contribution in [2.45, 2.75) is 45.9 Å². The number of non-ortho nitro benzene ring substituents is 1. The van der Waals surface area contributed by atoms with Crippen molar-refractivity contribution >= 4 is 45.1 Å². The lowest BCUT2D eigenvalue weighted by Gasteiger charge is -2.44. The third-order valence-electron chi connectivity index (χ3n) is 6.57. The second-order valence-electron chi connectivity index (χ2n) is 8.91. The highest BCUT2D eigenvalue weighted by Crippen LogP contribution is 2.48. The zero-order chi connectivity index (χ0) is 25.9. The van der Waals surface area contributed by atoms with E-state index in [1.807, 2.05) is 0 Å². The lowest BCUT2D eigenvalue weighted by molar-refractivity contribution is -0.384. The van der Waals surface area contributed by atoms with Crippen LogP contribution in [0.4, 0.5) is 5.69 Å². The fourth-order valence-electron chi connectivity index (χ4n) is 4.80. The van der Waals surface area contributed by atoms with Crippen molar-refractivity contribution in [1.29, 1.82) is 0 Å².